The van der Waals surface area contributed by atoms with Crippen LogP contribution >= 0.6 is 11.8 Å². The molecule has 3 heterocycles. The average Bonchev–Trinajstić information content (AvgIpc) is 3.29. The lowest BCUT2D eigenvalue weighted by Gasteiger charge is -2.36. The Morgan fingerprint density at radius 3 is 2.43 bits per heavy atom. The van der Waals surface area contributed by atoms with E-state index in [1.807, 2.05) is 37.3 Å². The first-order chi connectivity index (χ1) is 17.9. The number of aryl methyl sites for hydroxylation is 1. The van der Waals surface area contributed by atoms with E-state index >= 15 is 0 Å². The molecule has 0 bridgehead atoms. The Bertz CT molecular complexity index is 1240. The van der Waals surface area contributed by atoms with Crippen LogP contribution < -0.4 is 20.3 Å². The molecule has 3 N–H and O–H groups in total. The van der Waals surface area contributed by atoms with Crippen molar-refractivity contribution in [1.29, 1.82) is 0 Å². The molecule has 0 aliphatic carbocycles. The Labute approximate surface area is 219 Å². The van der Waals surface area contributed by atoms with E-state index < -0.39 is 0 Å². The van der Waals surface area contributed by atoms with E-state index in [-0.39, 0.29) is 18.4 Å². The molecule has 4 rings (SSSR count). The van der Waals surface area contributed by atoms with Gasteiger partial charge in [-0.2, -0.15) is 5.10 Å². The molecule has 1 saturated heterocycles. The molecule has 2 amide bonds. The van der Waals surface area contributed by atoms with Gasteiger partial charge in [0.1, 0.15) is 6.61 Å². The third-order valence-electron chi connectivity index (χ3n) is 5.57. The number of aromatic nitrogens is 4. The zero-order valence-electron chi connectivity index (χ0n) is 21.2. The SMILES string of the molecule is COCC(=O)N1CCN(c2nc(Sc3ccc(NC(C)=O)cc3)nc(Nc3cc(C)[nH]n3)c2OC)CC1. The van der Waals surface area contributed by atoms with E-state index in [1.165, 1.54) is 25.8 Å². The van der Waals surface area contributed by atoms with E-state index in [0.29, 0.717) is 60.2 Å². The fourth-order valence-electron chi connectivity index (χ4n) is 3.85. The van der Waals surface area contributed by atoms with Crippen LogP contribution in [-0.4, -0.2) is 83.9 Å². The van der Waals surface area contributed by atoms with Crippen molar-refractivity contribution in [3.63, 3.8) is 0 Å². The van der Waals surface area contributed by atoms with Gasteiger partial charge in [0, 0.05) is 62.6 Å². The van der Waals surface area contributed by atoms with Crippen molar-refractivity contribution in [3.05, 3.63) is 36.0 Å². The maximum atomic E-state index is 12.2. The number of aromatic amines is 1. The number of nitrogens with zero attached hydrogens (tertiary/aromatic N) is 5. The summed E-state index contributed by atoms with van der Waals surface area (Å²) in [6, 6.07) is 9.32. The summed E-state index contributed by atoms with van der Waals surface area (Å²) in [5, 5.41) is 13.7. The molecule has 37 heavy (non-hydrogen) atoms. The Hall–Kier alpha value is -3.84. The second-order valence-electron chi connectivity index (χ2n) is 8.38. The van der Waals surface area contributed by atoms with Crippen molar-refractivity contribution in [2.75, 3.05) is 62.5 Å². The maximum Gasteiger partial charge on any atom is 0.248 e. The molecule has 1 aliphatic heterocycles. The van der Waals surface area contributed by atoms with Crippen molar-refractivity contribution in [2.24, 2.45) is 0 Å². The number of anilines is 4. The van der Waals surface area contributed by atoms with E-state index in [0.717, 1.165) is 10.6 Å². The number of rotatable bonds is 9. The second kappa shape index (κ2) is 11.9. The monoisotopic (exact) mass is 526 g/mol. The minimum absolute atomic E-state index is 0.0352. The number of benzene rings is 1. The van der Waals surface area contributed by atoms with Gasteiger partial charge in [-0.3, -0.25) is 14.7 Å². The van der Waals surface area contributed by atoms with Crippen LogP contribution in [0.2, 0.25) is 0 Å². The number of amides is 2. The molecule has 3 aromatic rings. The third-order valence-corrected chi connectivity index (χ3v) is 6.44. The van der Waals surface area contributed by atoms with Crippen LogP contribution in [0.3, 0.4) is 0 Å². The number of hydrogen-bond acceptors (Lipinski definition) is 10. The summed E-state index contributed by atoms with van der Waals surface area (Å²) in [7, 11) is 3.09. The van der Waals surface area contributed by atoms with Gasteiger partial charge in [-0.15, -0.1) is 0 Å². The molecule has 196 valence electrons. The molecule has 12 nitrogen and oxygen atoms in total. The van der Waals surface area contributed by atoms with Crippen molar-refractivity contribution in [2.45, 2.75) is 23.9 Å². The number of methoxy groups -OCH3 is 2. The van der Waals surface area contributed by atoms with Gasteiger partial charge < -0.3 is 29.9 Å². The molecular weight excluding hydrogens is 496 g/mol. The number of carbonyl (C=O) groups excluding carboxylic acids is 2. The minimum Gasteiger partial charge on any atom is -0.490 e. The highest BCUT2D eigenvalue weighted by atomic mass is 32.2. The van der Waals surface area contributed by atoms with Crippen molar-refractivity contribution in [3.8, 4) is 5.75 Å². The van der Waals surface area contributed by atoms with Crippen LogP contribution in [0.15, 0.2) is 40.4 Å². The first kappa shape index (κ1) is 26.2. The van der Waals surface area contributed by atoms with Crippen LogP contribution in [0.25, 0.3) is 0 Å². The highest BCUT2D eigenvalue weighted by Crippen LogP contribution is 2.38. The van der Waals surface area contributed by atoms with Crippen LogP contribution in [0.5, 0.6) is 5.75 Å². The smallest absolute Gasteiger partial charge is 0.248 e. The van der Waals surface area contributed by atoms with Gasteiger partial charge in [-0.25, -0.2) is 9.97 Å². The molecule has 1 fully saturated rings. The summed E-state index contributed by atoms with van der Waals surface area (Å²) in [6.07, 6.45) is 0. The van der Waals surface area contributed by atoms with Crippen LogP contribution in [0, 0.1) is 6.92 Å². The van der Waals surface area contributed by atoms with Crippen molar-refractivity contribution >= 4 is 46.7 Å². The summed E-state index contributed by atoms with van der Waals surface area (Å²) < 4.78 is 10.8. The van der Waals surface area contributed by atoms with Gasteiger partial charge in [-0.05, 0) is 43.0 Å². The Morgan fingerprint density at radius 1 is 1.11 bits per heavy atom. The quantitative estimate of drug-likeness (QED) is 0.357. The normalized spacial score (nSPS) is 13.4. The Morgan fingerprint density at radius 2 is 1.84 bits per heavy atom. The minimum atomic E-state index is -0.128. The number of ether oxygens (including phenoxy) is 2. The lowest BCUT2D eigenvalue weighted by atomic mass is 10.3. The van der Waals surface area contributed by atoms with Gasteiger partial charge in [0.2, 0.25) is 17.6 Å². The first-order valence-electron chi connectivity index (χ1n) is 11.7. The van der Waals surface area contributed by atoms with Crippen molar-refractivity contribution < 1.29 is 19.1 Å². The number of nitrogens with one attached hydrogen (secondary N) is 3. The molecule has 0 atom stereocenters. The fourth-order valence-corrected chi connectivity index (χ4v) is 4.60. The van der Waals surface area contributed by atoms with Crippen LogP contribution in [0.1, 0.15) is 12.6 Å². The summed E-state index contributed by atoms with van der Waals surface area (Å²) in [5.41, 5.74) is 1.62. The predicted octanol–water partition coefficient (Wildman–Crippen LogP) is 2.66. The standard InChI is InChI=1S/C24H30N8O4S/c1-15-13-19(30-29-15)26-22-21(36-4)23(32-11-9-31(10-12-32)20(34)14-35-3)28-24(27-22)37-18-7-5-17(6-8-18)25-16(2)33/h5-8,13H,9-12,14H2,1-4H3,(H,25,33)(H2,26,27,28,29,30). The Kier molecular flexibility index (Phi) is 8.46. The third kappa shape index (κ3) is 6.68. The summed E-state index contributed by atoms with van der Waals surface area (Å²) >= 11 is 1.39. The first-order valence-corrected chi connectivity index (χ1v) is 12.5. The zero-order chi connectivity index (χ0) is 26.4. The van der Waals surface area contributed by atoms with E-state index in [2.05, 4.69) is 25.7 Å². The predicted molar refractivity (Wildman–Crippen MR) is 141 cm³/mol. The summed E-state index contributed by atoms with van der Waals surface area (Å²) in [5.74, 6) is 2.04. The molecule has 0 radical (unpaired) electrons. The molecule has 0 unspecified atom stereocenters. The van der Waals surface area contributed by atoms with Gasteiger partial charge in [-0.1, -0.05) is 0 Å². The van der Waals surface area contributed by atoms with E-state index in [4.69, 9.17) is 19.4 Å². The van der Waals surface area contributed by atoms with E-state index in [9.17, 15) is 9.59 Å². The molecular formula is C24H30N8O4S. The number of hydrogen-bond donors (Lipinski definition) is 3. The molecule has 2 aromatic heterocycles. The van der Waals surface area contributed by atoms with Crippen LogP contribution in [0.4, 0.5) is 23.1 Å². The Balaban J connectivity index is 1.63. The van der Waals surface area contributed by atoms with Gasteiger partial charge in [0.15, 0.2) is 22.6 Å². The average molecular weight is 527 g/mol. The zero-order valence-corrected chi connectivity index (χ0v) is 22.0. The van der Waals surface area contributed by atoms with Gasteiger partial charge >= 0.3 is 0 Å². The highest BCUT2D eigenvalue weighted by Gasteiger charge is 2.27. The fraction of sp³-hybridized carbons (Fsp3) is 0.375. The maximum absolute atomic E-state index is 12.2. The highest BCUT2D eigenvalue weighted by molar-refractivity contribution is 7.99. The number of carbonyl (C=O) groups is 2. The largest absolute Gasteiger partial charge is 0.490 e. The summed E-state index contributed by atoms with van der Waals surface area (Å²) in [4.78, 5) is 37.9. The molecule has 0 saturated carbocycles. The molecule has 0 spiro atoms. The van der Waals surface area contributed by atoms with Crippen molar-refractivity contribution in [1.82, 2.24) is 25.1 Å². The number of piperazine rings is 1. The van der Waals surface area contributed by atoms with E-state index in [1.54, 1.807) is 12.0 Å². The van der Waals surface area contributed by atoms with Crippen LogP contribution in [-0.2, 0) is 14.3 Å². The second-order valence-corrected chi connectivity index (χ2v) is 9.42. The molecule has 1 aliphatic rings. The van der Waals surface area contributed by atoms with Gasteiger partial charge in [0.25, 0.3) is 0 Å². The number of H-pyrrole nitrogens is 1. The topological polar surface area (TPSA) is 138 Å². The lowest BCUT2D eigenvalue weighted by Crippen LogP contribution is -2.50. The molecule has 13 heteroatoms. The van der Waals surface area contributed by atoms with Gasteiger partial charge in [0.05, 0.1) is 7.11 Å². The molecule has 1 aromatic carbocycles. The summed E-state index contributed by atoms with van der Waals surface area (Å²) in [6.45, 7) is 5.71. The lowest BCUT2D eigenvalue weighted by molar-refractivity contribution is -0.135.